The summed E-state index contributed by atoms with van der Waals surface area (Å²) in [5.41, 5.74) is 0.957. The van der Waals surface area contributed by atoms with Crippen molar-refractivity contribution in [1.29, 1.82) is 0 Å². The van der Waals surface area contributed by atoms with Crippen molar-refractivity contribution >= 4 is 46.8 Å². The summed E-state index contributed by atoms with van der Waals surface area (Å²) < 4.78 is 2.80. The van der Waals surface area contributed by atoms with Crippen LogP contribution in [0.5, 0.6) is 0 Å². The number of anilines is 1. The van der Waals surface area contributed by atoms with Crippen molar-refractivity contribution in [3.63, 3.8) is 0 Å². The van der Waals surface area contributed by atoms with E-state index < -0.39 is 35.6 Å². The van der Waals surface area contributed by atoms with Crippen molar-refractivity contribution in [3.05, 3.63) is 46.7 Å². The number of aryl methyl sites for hydroxylation is 1. The Morgan fingerprint density at radius 1 is 1.20 bits per heavy atom. The van der Waals surface area contributed by atoms with Gasteiger partial charge in [0.05, 0.1) is 28.0 Å². The van der Waals surface area contributed by atoms with E-state index in [0.29, 0.717) is 16.4 Å². The molecule has 1 atom stereocenters. The van der Waals surface area contributed by atoms with Gasteiger partial charge in [-0.25, -0.2) is 4.68 Å². The van der Waals surface area contributed by atoms with Gasteiger partial charge in [-0.1, -0.05) is 22.9 Å². The van der Waals surface area contributed by atoms with Gasteiger partial charge < -0.3 is 5.32 Å². The average molecular weight is 497 g/mol. The number of benzene rings is 1. The molecule has 1 unspecified atom stereocenters. The van der Waals surface area contributed by atoms with Crippen molar-refractivity contribution in [2.24, 2.45) is 7.05 Å². The van der Waals surface area contributed by atoms with Gasteiger partial charge in [0.2, 0.25) is 17.7 Å². The number of nitrogens with one attached hydrogen (secondary N) is 2. The fourth-order valence-electron chi connectivity index (χ4n) is 4.07. The number of nitrogens with zero attached hydrogens (tertiary/aromatic N) is 6. The van der Waals surface area contributed by atoms with Crippen LogP contribution in [0.25, 0.3) is 11.4 Å². The number of hydrogen-bond acceptors (Lipinski definition) is 8. The minimum absolute atomic E-state index is 0.0109. The number of piperidine rings is 1. The van der Waals surface area contributed by atoms with Gasteiger partial charge in [-0.3, -0.25) is 38.9 Å². The highest BCUT2D eigenvalue weighted by atomic mass is 35.5. The van der Waals surface area contributed by atoms with E-state index >= 15 is 0 Å². The number of rotatable bonds is 5. The van der Waals surface area contributed by atoms with Crippen molar-refractivity contribution in [2.45, 2.75) is 25.4 Å². The molecule has 1 saturated heterocycles. The third kappa shape index (κ3) is 3.95. The molecule has 3 aromatic rings. The number of carbonyl (C=O) groups is 5. The van der Waals surface area contributed by atoms with Crippen LogP contribution >= 0.6 is 11.6 Å². The molecule has 2 N–H and O–H groups in total. The van der Waals surface area contributed by atoms with E-state index in [4.69, 9.17) is 11.6 Å². The van der Waals surface area contributed by atoms with Crippen molar-refractivity contribution in [1.82, 2.24) is 35.0 Å². The molecule has 2 aliphatic rings. The van der Waals surface area contributed by atoms with Gasteiger partial charge in [0.15, 0.2) is 0 Å². The normalized spacial score (nSPS) is 17.5. The quantitative estimate of drug-likeness (QED) is 0.479. The Kier molecular flexibility index (Phi) is 5.40. The Morgan fingerprint density at radius 3 is 2.71 bits per heavy atom. The first kappa shape index (κ1) is 22.4. The Hall–Kier alpha value is -4.39. The van der Waals surface area contributed by atoms with Gasteiger partial charge in [-0.05, 0) is 18.6 Å². The first-order valence-corrected chi connectivity index (χ1v) is 10.8. The van der Waals surface area contributed by atoms with E-state index in [0.717, 1.165) is 4.90 Å². The molecule has 1 aromatic carbocycles. The summed E-state index contributed by atoms with van der Waals surface area (Å²) >= 11 is 6.12. The van der Waals surface area contributed by atoms with Crippen molar-refractivity contribution in [2.75, 3.05) is 5.32 Å². The number of imide groups is 2. The molecule has 0 aliphatic carbocycles. The maximum absolute atomic E-state index is 13.1. The van der Waals surface area contributed by atoms with Crippen molar-refractivity contribution < 1.29 is 24.0 Å². The molecule has 0 radical (unpaired) electrons. The van der Waals surface area contributed by atoms with E-state index in [1.54, 1.807) is 13.2 Å². The first-order chi connectivity index (χ1) is 16.7. The van der Waals surface area contributed by atoms with E-state index in [1.165, 1.54) is 33.8 Å². The summed E-state index contributed by atoms with van der Waals surface area (Å²) in [4.78, 5) is 63.3. The van der Waals surface area contributed by atoms with Crippen LogP contribution < -0.4 is 10.6 Å². The summed E-state index contributed by atoms with van der Waals surface area (Å²) in [5, 5.41) is 17.2. The van der Waals surface area contributed by atoms with Crippen LogP contribution in [-0.2, 0) is 28.0 Å². The zero-order chi connectivity index (χ0) is 24.9. The van der Waals surface area contributed by atoms with Crippen LogP contribution in [0, 0.1) is 0 Å². The summed E-state index contributed by atoms with van der Waals surface area (Å²) in [6, 6.07) is 3.34. The molecule has 13 nitrogen and oxygen atoms in total. The van der Waals surface area contributed by atoms with Crippen LogP contribution in [-0.4, -0.2) is 65.3 Å². The molecule has 1 fully saturated rings. The molecule has 2 aliphatic heterocycles. The Labute approximate surface area is 202 Å². The fourth-order valence-corrected chi connectivity index (χ4v) is 4.35. The van der Waals surface area contributed by atoms with Gasteiger partial charge in [-0.2, -0.15) is 5.10 Å². The standard InChI is InChI=1S/C21H17ClN8O5/c1-28-7-11(22)18(26-28)13-8-29(27-25-13)9-16(32)23-12-4-2-3-10-17(12)21(35)30(20(10)34)14-5-6-15(31)24-19(14)33/h2-4,7-8,14H,5-6,9H2,1H3,(H,23,32)(H,24,31,33). The smallest absolute Gasteiger partial charge is 0.264 e. The highest BCUT2D eigenvalue weighted by Gasteiger charge is 2.45. The molecule has 5 amide bonds. The number of amides is 5. The number of carbonyl (C=O) groups excluding carboxylic acids is 5. The summed E-state index contributed by atoms with van der Waals surface area (Å²) in [6.07, 6.45) is 3.15. The van der Waals surface area contributed by atoms with Crippen LogP contribution in [0.3, 0.4) is 0 Å². The average Bonchev–Trinajstić information content (AvgIpc) is 3.46. The molecule has 0 bridgehead atoms. The molecular weight excluding hydrogens is 480 g/mol. The van der Waals surface area contributed by atoms with Gasteiger partial charge in [0, 0.05) is 19.7 Å². The zero-order valence-electron chi connectivity index (χ0n) is 18.2. The minimum Gasteiger partial charge on any atom is -0.324 e. The second-order valence-corrected chi connectivity index (χ2v) is 8.43. The lowest BCUT2D eigenvalue weighted by atomic mass is 10.0. The van der Waals surface area contributed by atoms with Gasteiger partial charge >= 0.3 is 0 Å². The molecule has 0 spiro atoms. The van der Waals surface area contributed by atoms with Crippen LogP contribution in [0.1, 0.15) is 33.6 Å². The van der Waals surface area contributed by atoms with Crippen molar-refractivity contribution in [3.8, 4) is 11.4 Å². The molecule has 5 rings (SSSR count). The zero-order valence-corrected chi connectivity index (χ0v) is 18.9. The highest BCUT2D eigenvalue weighted by molar-refractivity contribution is 6.32. The molecule has 2 aromatic heterocycles. The van der Waals surface area contributed by atoms with E-state index in [-0.39, 0.29) is 36.2 Å². The van der Waals surface area contributed by atoms with Gasteiger partial charge in [0.1, 0.15) is 24.0 Å². The third-order valence-electron chi connectivity index (χ3n) is 5.61. The maximum Gasteiger partial charge on any atom is 0.264 e. The molecule has 178 valence electrons. The van der Waals surface area contributed by atoms with Crippen LogP contribution in [0.4, 0.5) is 5.69 Å². The SMILES string of the molecule is Cn1cc(Cl)c(-c2cn(CC(=O)Nc3cccc4c3C(=O)N(C3CCC(=O)NC3=O)C4=O)nn2)n1. The highest BCUT2D eigenvalue weighted by Crippen LogP contribution is 2.32. The second-order valence-electron chi connectivity index (χ2n) is 8.02. The lowest BCUT2D eigenvalue weighted by molar-refractivity contribution is -0.136. The van der Waals surface area contributed by atoms with Gasteiger partial charge in [-0.15, -0.1) is 5.10 Å². The Balaban J connectivity index is 1.34. The van der Waals surface area contributed by atoms with E-state index in [2.05, 4.69) is 26.0 Å². The van der Waals surface area contributed by atoms with Crippen LogP contribution in [0.15, 0.2) is 30.6 Å². The minimum atomic E-state index is -1.10. The summed E-state index contributed by atoms with van der Waals surface area (Å²) in [7, 11) is 1.71. The van der Waals surface area contributed by atoms with E-state index in [9.17, 15) is 24.0 Å². The molecule has 14 heteroatoms. The first-order valence-electron chi connectivity index (χ1n) is 10.5. The maximum atomic E-state index is 13.1. The van der Waals surface area contributed by atoms with E-state index in [1.807, 2.05) is 0 Å². The molecule has 0 saturated carbocycles. The largest absolute Gasteiger partial charge is 0.324 e. The monoisotopic (exact) mass is 496 g/mol. The Bertz CT molecular complexity index is 1430. The number of fused-ring (bicyclic) bond motifs is 1. The third-order valence-corrected chi connectivity index (χ3v) is 5.89. The Morgan fingerprint density at radius 2 is 2.00 bits per heavy atom. The molecule has 4 heterocycles. The predicted molar refractivity (Wildman–Crippen MR) is 119 cm³/mol. The van der Waals surface area contributed by atoms with Gasteiger partial charge in [0.25, 0.3) is 11.8 Å². The summed E-state index contributed by atoms with van der Waals surface area (Å²) in [6.45, 7) is -0.236. The topological polar surface area (TPSA) is 161 Å². The fraction of sp³-hybridized carbons (Fsp3) is 0.238. The second kappa shape index (κ2) is 8.43. The number of hydrogen-bond donors (Lipinski definition) is 2. The number of halogens is 1. The number of aromatic nitrogens is 5. The lowest BCUT2D eigenvalue weighted by Gasteiger charge is -2.27. The molecular formula is C21H17ClN8O5. The molecule has 35 heavy (non-hydrogen) atoms. The summed E-state index contributed by atoms with van der Waals surface area (Å²) in [5.74, 6) is -3.08. The van der Waals surface area contributed by atoms with Crippen LogP contribution in [0.2, 0.25) is 5.02 Å². The predicted octanol–water partition coefficient (Wildman–Crippen LogP) is 0.372. The lowest BCUT2D eigenvalue weighted by Crippen LogP contribution is -2.54.